The van der Waals surface area contributed by atoms with Gasteiger partial charge < -0.3 is 10.4 Å². The molecule has 2 N–H and O–H groups in total. The Bertz CT molecular complexity index is 872. The maximum Gasteiger partial charge on any atom is 0.326 e. The molecule has 2 aliphatic rings. The van der Waals surface area contributed by atoms with Gasteiger partial charge in [-0.15, -0.1) is 0 Å². The lowest BCUT2D eigenvalue weighted by atomic mass is 10.0. The van der Waals surface area contributed by atoms with Crippen molar-refractivity contribution in [1.82, 2.24) is 15.2 Å². The molecule has 30 heavy (non-hydrogen) atoms. The van der Waals surface area contributed by atoms with Gasteiger partial charge in [-0.1, -0.05) is 42.0 Å². The summed E-state index contributed by atoms with van der Waals surface area (Å²) in [7, 11) is 0. The summed E-state index contributed by atoms with van der Waals surface area (Å²) in [6.45, 7) is 5.58. The highest BCUT2D eigenvalue weighted by atomic mass is 16.4. The molecule has 0 spiro atoms. The van der Waals surface area contributed by atoms with Crippen LogP contribution >= 0.6 is 0 Å². The highest BCUT2D eigenvalue weighted by Crippen LogP contribution is 2.22. The van der Waals surface area contributed by atoms with Crippen molar-refractivity contribution < 1.29 is 14.7 Å². The van der Waals surface area contributed by atoms with Crippen molar-refractivity contribution >= 4 is 17.4 Å². The highest BCUT2D eigenvalue weighted by Gasteiger charge is 2.26. The number of nitrogens with one attached hydrogen (secondary N) is 1. The van der Waals surface area contributed by atoms with Gasteiger partial charge in [0.1, 0.15) is 6.04 Å². The molecule has 2 aliphatic heterocycles. The number of benzene rings is 1. The molecule has 4 rings (SSSR count). The Labute approximate surface area is 177 Å². The summed E-state index contributed by atoms with van der Waals surface area (Å²) in [6.07, 6.45) is 7.63. The minimum absolute atomic E-state index is 0.164. The standard InChI is InChI=1S/C19H22N2.C5H7NO3/c1-16-7-9-17(10-8-16)18(19-6-2-3-12-20-19)11-15-21-13-4-5-14-21;7-4-2-1-3(6-4)5(8)9/h2-3,6-12H,4-5,13-15H2,1H3;3H,1-2H2,(H,6,7)(H,8,9)/b18-11+;/t;3-/m.0/s1. The molecule has 1 aromatic heterocycles. The van der Waals surface area contributed by atoms with E-state index in [-0.39, 0.29) is 5.91 Å². The summed E-state index contributed by atoms with van der Waals surface area (Å²) in [5, 5.41) is 10.6. The van der Waals surface area contributed by atoms with Crippen LogP contribution in [0.1, 0.15) is 42.5 Å². The average molecular weight is 408 g/mol. The number of hydrogen-bond donors (Lipinski definition) is 2. The minimum Gasteiger partial charge on any atom is -0.480 e. The topological polar surface area (TPSA) is 82.5 Å². The quantitative estimate of drug-likeness (QED) is 0.795. The van der Waals surface area contributed by atoms with E-state index < -0.39 is 12.0 Å². The van der Waals surface area contributed by atoms with Gasteiger partial charge in [0, 0.05) is 24.7 Å². The third kappa shape index (κ3) is 6.26. The Kier molecular flexibility index (Phi) is 7.74. The van der Waals surface area contributed by atoms with Crippen molar-refractivity contribution in [2.45, 2.75) is 38.6 Å². The molecule has 0 aliphatic carbocycles. The third-order valence-electron chi connectivity index (χ3n) is 5.35. The van der Waals surface area contributed by atoms with Gasteiger partial charge in [0.2, 0.25) is 5.91 Å². The van der Waals surface area contributed by atoms with Crippen molar-refractivity contribution in [2.75, 3.05) is 19.6 Å². The summed E-state index contributed by atoms with van der Waals surface area (Å²) >= 11 is 0. The second-order valence-corrected chi connectivity index (χ2v) is 7.70. The van der Waals surface area contributed by atoms with Crippen LogP contribution in [0, 0.1) is 6.92 Å². The van der Waals surface area contributed by atoms with Crippen LogP contribution in [0.5, 0.6) is 0 Å². The van der Waals surface area contributed by atoms with Gasteiger partial charge in [0.25, 0.3) is 0 Å². The molecule has 6 nitrogen and oxygen atoms in total. The van der Waals surface area contributed by atoms with E-state index in [9.17, 15) is 9.59 Å². The number of pyridine rings is 1. The lowest BCUT2D eigenvalue weighted by molar-refractivity contribution is -0.140. The molecule has 0 saturated carbocycles. The first-order chi connectivity index (χ1) is 14.5. The molecule has 6 heteroatoms. The van der Waals surface area contributed by atoms with Crippen LogP contribution in [0.2, 0.25) is 0 Å². The molecule has 158 valence electrons. The van der Waals surface area contributed by atoms with E-state index in [2.05, 4.69) is 64.6 Å². The summed E-state index contributed by atoms with van der Waals surface area (Å²) in [5.74, 6) is -1.11. The zero-order chi connectivity index (χ0) is 21.3. The number of aryl methyl sites for hydroxylation is 1. The summed E-state index contributed by atoms with van der Waals surface area (Å²) < 4.78 is 0. The highest BCUT2D eigenvalue weighted by molar-refractivity contribution is 5.87. The first-order valence-electron chi connectivity index (χ1n) is 10.5. The average Bonchev–Trinajstić information content (AvgIpc) is 3.43. The largest absolute Gasteiger partial charge is 0.480 e. The van der Waals surface area contributed by atoms with Gasteiger partial charge in [0.15, 0.2) is 0 Å². The number of rotatable bonds is 5. The monoisotopic (exact) mass is 407 g/mol. The normalized spacial score (nSPS) is 19.2. The van der Waals surface area contributed by atoms with Crippen molar-refractivity contribution in [1.29, 1.82) is 0 Å². The second-order valence-electron chi connectivity index (χ2n) is 7.70. The molecule has 0 unspecified atom stereocenters. The van der Waals surface area contributed by atoms with E-state index in [1.54, 1.807) is 0 Å². The van der Waals surface area contributed by atoms with E-state index in [0.717, 1.165) is 12.2 Å². The van der Waals surface area contributed by atoms with Gasteiger partial charge >= 0.3 is 5.97 Å². The number of carboxylic acids is 1. The fourth-order valence-corrected chi connectivity index (χ4v) is 3.61. The zero-order valence-corrected chi connectivity index (χ0v) is 17.4. The summed E-state index contributed by atoms with van der Waals surface area (Å²) in [4.78, 5) is 27.6. The van der Waals surface area contributed by atoms with Gasteiger partial charge in [-0.05, 0) is 57.0 Å². The van der Waals surface area contributed by atoms with Crippen molar-refractivity contribution in [2.24, 2.45) is 0 Å². The lowest BCUT2D eigenvalue weighted by Gasteiger charge is -2.14. The molecule has 1 aromatic carbocycles. The lowest BCUT2D eigenvalue weighted by Crippen LogP contribution is -2.32. The Morgan fingerprint density at radius 3 is 2.47 bits per heavy atom. The summed E-state index contributed by atoms with van der Waals surface area (Å²) in [5.41, 5.74) is 4.83. The molecule has 2 aromatic rings. The van der Waals surface area contributed by atoms with Gasteiger partial charge in [-0.2, -0.15) is 0 Å². The maximum atomic E-state index is 10.4. The minimum atomic E-state index is -0.944. The van der Waals surface area contributed by atoms with Crippen LogP contribution in [-0.4, -0.2) is 52.5 Å². The Balaban J connectivity index is 0.000000239. The smallest absolute Gasteiger partial charge is 0.326 e. The van der Waals surface area contributed by atoms with Crippen LogP contribution in [0.3, 0.4) is 0 Å². The van der Waals surface area contributed by atoms with E-state index >= 15 is 0 Å². The van der Waals surface area contributed by atoms with Gasteiger partial charge in [-0.25, -0.2) is 4.79 Å². The van der Waals surface area contributed by atoms with Gasteiger partial charge in [-0.3, -0.25) is 14.7 Å². The molecular formula is C24H29N3O3. The van der Waals surface area contributed by atoms with Crippen LogP contribution in [-0.2, 0) is 9.59 Å². The molecule has 0 bridgehead atoms. The van der Waals surface area contributed by atoms with Crippen LogP contribution in [0.4, 0.5) is 0 Å². The fourth-order valence-electron chi connectivity index (χ4n) is 3.61. The van der Waals surface area contributed by atoms with Crippen LogP contribution in [0.25, 0.3) is 5.57 Å². The molecule has 1 atom stereocenters. The second kappa shape index (κ2) is 10.7. The first-order valence-corrected chi connectivity index (χ1v) is 10.5. The van der Waals surface area contributed by atoms with Crippen molar-refractivity contribution in [3.8, 4) is 0 Å². The number of carbonyl (C=O) groups is 2. The first kappa shape index (κ1) is 21.7. The Hall–Kier alpha value is -2.99. The van der Waals surface area contributed by atoms with E-state index in [1.807, 2.05) is 12.3 Å². The number of aliphatic carboxylic acids is 1. The van der Waals surface area contributed by atoms with Crippen LogP contribution in [0.15, 0.2) is 54.7 Å². The number of hydrogen-bond acceptors (Lipinski definition) is 4. The number of carbonyl (C=O) groups excluding carboxylic acids is 1. The molecule has 1 amide bonds. The molecular weight excluding hydrogens is 378 g/mol. The van der Waals surface area contributed by atoms with E-state index in [1.165, 1.54) is 42.6 Å². The SMILES string of the molecule is Cc1ccc(/C(=C\CN2CCCC2)c2ccccn2)cc1.O=C1CC[C@@H](C(=O)O)N1. The Morgan fingerprint density at radius 1 is 1.20 bits per heavy atom. The molecule has 3 heterocycles. The van der Waals surface area contributed by atoms with E-state index in [0.29, 0.717) is 12.8 Å². The zero-order valence-electron chi connectivity index (χ0n) is 17.4. The molecule has 2 saturated heterocycles. The third-order valence-corrected chi connectivity index (χ3v) is 5.35. The molecule has 2 fully saturated rings. The number of nitrogens with zero attached hydrogens (tertiary/aromatic N) is 2. The predicted octanol–water partition coefficient (Wildman–Crippen LogP) is 3.27. The maximum absolute atomic E-state index is 10.4. The fraction of sp³-hybridized carbons (Fsp3) is 0.375. The number of aromatic nitrogens is 1. The molecule has 0 radical (unpaired) electrons. The van der Waals surface area contributed by atoms with Crippen molar-refractivity contribution in [3.05, 3.63) is 71.6 Å². The van der Waals surface area contributed by atoms with Crippen molar-refractivity contribution in [3.63, 3.8) is 0 Å². The Morgan fingerprint density at radius 2 is 1.93 bits per heavy atom. The van der Waals surface area contributed by atoms with E-state index in [4.69, 9.17) is 5.11 Å². The van der Waals surface area contributed by atoms with Crippen LogP contribution < -0.4 is 5.32 Å². The number of amides is 1. The predicted molar refractivity (Wildman–Crippen MR) is 117 cm³/mol. The number of likely N-dealkylation sites (tertiary alicyclic amines) is 1. The number of carboxylic acid groups (broad SMARTS) is 1. The van der Waals surface area contributed by atoms with Gasteiger partial charge in [0.05, 0.1) is 5.69 Å². The summed E-state index contributed by atoms with van der Waals surface area (Å²) in [6, 6.07) is 14.2.